The van der Waals surface area contributed by atoms with Gasteiger partial charge in [0.05, 0.1) is 10.6 Å². The summed E-state index contributed by atoms with van der Waals surface area (Å²) in [7, 11) is -4.08. The van der Waals surface area contributed by atoms with Crippen molar-refractivity contribution < 1.29 is 18.0 Å². The van der Waals surface area contributed by atoms with Crippen LogP contribution in [0.4, 0.5) is 5.69 Å². The molecule has 0 aromatic heterocycles. The molecule has 0 fully saturated rings. The third-order valence-corrected chi connectivity index (χ3v) is 8.99. The summed E-state index contributed by atoms with van der Waals surface area (Å²) in [6.07, 6.45) is 2.31. The number of anilines is 1. The van der Waals surface area contributed by atoms with Gasteiger partial charge in [0.1, 0.15) is 12.6 Å². The summed E-state index contributed by atoms with van der Waals surface area (Å²) in [5.41, 5.74) is 4.09. The largest absolute Gasteiger partial charge is 0.354 e. The Hall–Kier alpha value is -3.65. The van der Waals surface area contributed by atoms with Gasteiger partial charge in [0, 0.05) is 13.1 Å². The number of amides is 2. The summed E-state index contributed by atoms with van der Waals surface area (Å²) >= 11 is 0. The average molecular weight is 564 g/mol. The number of carbonyl (C=O) groups is 2. The lowest BCUT2D eigenvalue weighted by Gasteiger charge is -2.32. The number of carbonyl (C=O) groups excluding carboxylic acids is 2. The fourth-order valence-corrected chi connectivity index (χ4v) is 5.93. The van der Waals surface area contributed by atoms with E-state index in [1.165, 1.54) is 9.21 Å². The van der Waals surface area contributed by atoms with Gasteiger partial charge in [-0.25, -0.2) is 8.42 Å². The smallest absolute Gasteiger partial charge is 0.264 e. The molecular formula is C32H41N3O4S. The van der Waals surface area contributed by atoms with Gasteiger partial charge < -0.3 is 10.2 Å². The van der Waals surface area contributed by atoms with Crippen molar-refractivity contribution in [3.8, 4) is 0 Å². The van der Waals surface area contributed by atoms with Gasteiger partial charge in [0.15, 0.2) is 0 Å². The summed E-state index contributed by atoms with van der Waals surface area (Å²) in [5, 5.41) is 2.92. The molecule has 0 aliphatic carbocycles. The van der Waals surface area contributed by atoms with E-state index in [2.05, 4.69) is 5.32 Å². The first kappa shape index (κ1) is 30.9. The minimum Gasteiger partial charge on any atom is -0.354 e. The van der Waals surface area contributed by atoms with Crippen molar-refractivity contribution in [1.29, 1.82) is 0 Å². The molecule has 3 aromatic carbocycles. The van der Waals surface area contributed by atoms with E-state index in [1.807, 2.05) is 64.1 Å². The fourth-order valence-electron chi connectivity index (χ4n) is 4.46. The van der Waals surface area contributed by atoms with Gasteiger partial charge in [-0.1, -0.05) is 73.5 Å². The van der Waals surface area contributed by atoms with E-state index in [4.69, 9.17) is 0 Å². The fraction of sp³-hybridized carbons (Fsp3) is 0.375. The van der Waals surface area contributed by atoms with Crippen molar-refractivity contribution in [3.63, 3.8) is 0 Å². The van der Waals surface area contributed by atoms with Crippen LogP contribution in [0.3, 0.4) is 0 Å². The highest BCUT2D eigenvalue weighted by Gasteiger charge is 2.33. The first-order chi connectivity index (χ1) is 19.1. The Morgan fingerprint density at radius 3 is 2.23 bits per heavy atom. The molecule has 0 saturated heterocycles. The topological polar surface area (TPSA) is 86.8 Å². The lowest BCUT2D eigenvalue weighted by molar-refractivity contribution is -0.138. The molecule has 3 rings (SSSR count). The lowest BCUT2D eigenvalue weighted by atomic mass is 10.1. The molecule has 1 N–H and O–H groups in total. The predicted octanol–water partition coefficient (Wildman–Crippen LogP) is 5.18. The van der Waals surface area contributed by atoms with Crippen molar-refractivity contribution in [2.24, 2.45) is 0 Å². The third-order valence-electron chi connectivity index (χ3n) is 7.21. The first-order valence-corrected chi connectivity index (χ1v) is 15.3. The van der Waals surface area contributed by atoms with Crippen molar-refractivity contribution >= 4 is 27.5 Å². The highest BCUT2D eigenvalue weighted by atomic mass is 32.2. The molecule has 0 aliphatic heterocycles. The summed E-state index contributed by atoms with van der Waals surface area (Å²) < 4.78 is 29.2. The van der Waals surface area contributed by atoms with E-state index in [0.29, 0.717) is 18.7 Å². The van der Waals surface area contributed by atoms with Crippen LogP contribution in [-0.4, -0.2) is 50.8 Å². The van der Waals surface area contributed by atoms with Crippen LogP contribution in [0.2, 0.25) is 0 Å². The maximum Gasteiger partial charge on any atom is 0.264 e. The molecule has 214 valence electrons. The summed E-state index contributed by atoms with van der Waals surface area (Å²) in [4.78, 5) is 28.6. The molecule has 8 heteroatoms. The maximum atomic E-state index is 14.0. The van der Waals surface area contributed by atoms with E-state index >= 15 is 0 Å². The molecule has 0 bridgehead atoms. The first-order valence-electron chi connectivity index (χ1n) is 13.8. The Balaban J connectivity index is 1.99. The van der Waals surface area contributed by atoms with Crippen LogP contribution in [0, 0.1) is 20.8 Å². The number of benzene rings is 3. The molecule has 0 aliphatic rings. The normalized spacial score (nSPS) is 12.0. The van der Waals surface area contributed by atoms with Crippen LogP contribution in [0.15, 0.2) is 77.7 Å². The van der Waals surface area contributed by atoms with Crippen LogP contribution >= 0.6 is 0 Å². The van der Waals surface area contributed by atoms with Gasteiger partial charge in [0.25, 0.3) is 10.0 Å². The second kappa shape index (κ2) is 14.1. The lowest BCUT2D eigenvalue weighted by Crippen LogP contribution is -2.52. The second-order valence-corrected chi connectivity index (χ2v) is 12.0. The van der Waals surface area contributed by atoms with Crippen LogP contribution < -0.4 is 9.62 Å². The quantitative estimate of drug-likeness (QED) is 0.290. The number of hydrogen-bond acceptors (Lipinski definition) is 4. The summed E-state index contributed by atoms with van der Waals surface area (Å²) in [6.45, 7) is 9.76. The van der Waals surface area contributed by atoms with Crippen LogP contribution in [0.25, 0.3) is 0 Å². The molecule has 0 heterocycles. The second-order valence-electron chi connectivity index (χ2n) is 10.2. The van der Waals surface area contributed by atoms with Crippen LogP contribution in [0.5, 0.6) is 0 Å². The van der Waals surface area contributed by atoms with Crippen molar-refractivity contribution in [1.82, 2.24) is 10.2 Å². The number of hydrogen-bond donors (Lipinski definition) is 1. The minimum absolute atomic E-state index is 0.105. The molecule has 7 nitrogen and oxygen atoms in total. The predicted molar refractivity (Wildman–Crippen MR) is 161 cm³/mol. The van der Waals surface area contributed by atoms with E-state index in [-0.39, 0.29) is 17.3 Å². The number of nitrogens with zero attached hydrogens (tertiary/aromatic N) is 2. The third kappa shape index (κ3) is 7.72. The number of aryl methyl sites for hydroxylation is 2. The summed E-state index contributed by atoms with van der Waals surface area (Å²) in [5.74, 6) is -0.694. The highest BCUT2D eigenvalue weighted by molar-refractivity contribution is 7.92. The van der Waals surface area contributed by atoms with Crippen LogP contribution in [0.1, 0.15) is 48.9 Å². The zero-order chi connectivity index (χ0) is 29.3. The Morgan fingerprint density at radius 1 is 0.900 bits per heavy atom. The van der Waals surface area contributed by atoms with Gasteiger partial charge in [0.2, 0.25) is 11.8 Å². The molecule has 0 unspecified atom stereocenters. The van der Waals surface area contributed by atoms with E-state index < -0.39 is 28.5 Å². The van der Waals surface area contributed by atoms with Crippen molar-refractivity contribution in [3.05, 3.63) is 95.1 Å². The van der Waals surface area contributed by atoms with Crippen molar-refractivity contribution in [2.75, 3.05) is 23.9 Å². The maximum absolute atomic E-state index is 14.0. The Bertz CT molecular complexity index is 1390. The van der Waals surface area contributed by atoms with E-state index in [9.17, 15) is 18.0 Å². The van der Waals surface area contributed by atoms with Gasteiger partial charge >= 0.3 is 0 Å². The molecule has 2 amide bonds. The molecular weight excluding hydrogens is 522 g/mol. The molecule has 0 saturated carbocycles. The monoisotopic (exact) mass is 563 g/mol. The summed E-state index contributed by atoms with van der Waals surface area (Å²) in [6, 6.07) is 21.0. The number of sulfonamides is 1. The zero-order valence-corrected chi connectivity index (χ0v) is 25.0. The van der Waals surface area contributed by atoms with E-state index in [0.717, 1.165) is 35.1 Å². The molecule has 1 atom stereocenters. The van der Waals surface area contributed by atoms with Gasteiger partial charge in [-0.2, -0.15) is 0 Å². The number of nitrogens with one attached hydrogen (secondary N) is 1. The molecule has 3 aromatic rings. The Kier molecular flexibility index (Phi) is 10.9. The van der Waals surface area contributed by atoms with Gasteiger partial charge in [-0.05, 0) is 75.4 Å². The van der Waals surface area contributed by atoms with Gasteiger partial charge in [-0.15, -0.1) is 0 Å². The number of rotatable bonds is 13. The van der Waals surface area contributed by atoms with Crippen molar-refractivity contribution in [2.45, 2.75) is 64.8 Å². The minimum atomic E-state index is -4.08. The Labute approximate surface area is 239 Å². The average Bonchev–Trinajstić information content (AvgIpc) is 2.94. The van der Waals surface area contributed by atoms with Crippen LogP contribution in [-0.2, 0) is 26.0 Å². The Morgan fingerprint density at radius 2 is 1.57 bits per heavy atom. The SMILES string of the molecule is CCCCNC(=O)[C@H](C)N(CCc1ccccc1)C(=O)CN(c1cccc(C)c1C)S(=O)(=O)c1ccc(C)cc1. The standard InChI is InChI=1S/C32H41N3O4S/c1-6-7-21-33-32(37)27(5)34(22-20-28-13-9-8-10-14-28)31(36)23-35(30-15-11-12-25(3)26(30)4)40(38,39)29-18-16-24(2)17-19-29/h8-19,27H,6-7,20-23H2,1-5H3,(H,33,37)/t27-/m0/s1. The molecule has 0 radical (unpaired) electrons. The zero-order valence-electron chi connectivity index (χ0n) is 24.2. The van der Waals surface area contributed by atoms with Gasteiger partial charge in [-0.3, -0.25) is 13.9 Å². The molecule has 0 spiro atoms. The molecule has 40 heavy (non-hydrogen) atoms. The highest BCUT2D eigenvalue weighted by Crippen LogP contribution is 2.29. The number of unbranched alkanes of at least 4 members (excludes halogenated alkanes) is 1. The van der Waals surface area contributed by atoms with E-state index in [1.54, 1.807) is 43.3 Å².